The molecule has 5 atom stereocenters. The smallest absolute Gasteiger partial charge is 0.341 e. The second-order valence-corrected chi connectivity index (χ2v) is 8.96. The summed E-state index contributed by atoms with van der Waals surface area (Å²) in [7, 11) is 0. The quantitative estimate of drug-likeness (QED) is 0.269. The summed E-state index contributed by atoms with van der Waals surface area (Å²) in [5.74, 6) is -2.09. The van der Waals surface area contributed by atoms with Crippen molar-refractivity contribution in [3.63, 3.8) is 0 Å². The van der Waals surface area contributed by atoms with E-state index >= 15 is 4.39 Å². The maximum Gasteiger partial charge on any atom is 0.341 e. The minimum absolute atomic E-state index is 0.0412. The average Bonchev–Trinajstić information content (AvgIpc) is 2.89. The maximum atomic E-state index is 15.1. The van der Waals surface area contributed by atoms with E-state index in [0.717, 1.165) is 6.07 Å². The fourth-order valence-electron chi connectivity index (χ4n) is 4.64. The van der Waals surface area contributed by atoms with Gasteiger partial charge in [-0.1, -0.05) is 0 Å². The lowest BCUT2D eigenvalue weighted by Gasteiger charge is -2.41. The van der Waals surface area contributed by atoms with E-state index in [1.54, 1.807) is 16.4 Å². The molecule has 1 aromatic heterocycles. The maximum absolute atomic E-state index is 15.1. The van der Waals surface area contributed by atoms with E-state index in [1.165, 1.54) is 17.2 Å². The van der Waals surface area contributed by atoms with Crippen molar-refractivity contribution in [2.24, 2.45) is 0 Å². The topological polar surface area (TPSA) is 185 Å². The number of fused-ring (bicyclic) bond motifs is 1. The number of benzene rings is 1. The highest BCUT2D eigenvalue weighted by atomic mass is 19.1. The van der Waals surface area contributed by atoms with E-state index in [4.69, 9.17) is 4.74 Å². The zero-order valence-corrected chi connectivity index (χ0v) is 20.0. The van der Waals surface area contributed by atoms with Crippen molar-refractivity contribution in [1.29, 1.82) is 0 Å². The number of urea groups is 1. The third-order valence-electron chi connectivity index (χ3n) is 6.79. The molecule has 2 amide bonds. The Morgan fingerprint density at radius 2 is 1.78 bits per heavy atom. The fourth-order valence-corrected chi connectivity index (χ4v) is 4.64. The van der Waals surface area contributed by atoms with E-state index < -0.39 is 66.1 Å². The lowest BCUT2D eigenvalue weighted by molar-refractivity contribution is -0.233. The van der Waals surface area contributed by atoms with Gasteiger partial charge in [-0.2, -0.15) is 0 Å². The Morgan fingerprint density at radius 1 is 1.11 bits per heavy atom. The largest absolute Gasteiger partial charge is 0.477 e. The number of halogens is 1. The number of aromatic carboxylic acids is 1. The van der Waals surface area contributed by atoms with E-state index in [0.29, 0.717) is 12.1 Å². The molecule has 1 aromatic carbocycles. The minimum atomic E-state index is -1.63. The van der Waals surface area contributed by atoms with Crippen LogP contribution in [0.1, 0.15) is 17.3 Å². The molecular weight excluding hydrogens is 495 g/mol. The van der Waals surface area contributed by atoms with Crippen LogP contribution in [-0.2, 0) is 11.3 Å². The first-order chi connectivity index (χ1) is 17.6. The van der Waals surface area contributed by atoms with Crippen molar-refractivity contribution >= 4 is 28.6 Å². The molecule has 2 aliphatic heterocycles. The number of carboxylic acids is 1. The van der Waals surface area contributed by atoms with Crippen LogP contribution in [0.2, 0.25) is 0 Å². The summed E-state index contributed by atoms with van der Waals surface area (Å²) in [5, 5.41) is 50.9. The zero-order valence-electron chi connectivity index (χ0n) is 20.0. The van der Waals surface area contributed by atoms with Gasteiger partial charge in [0.1, 0.15) is 35.8 Å². The number of piperazine rings is 1. The summed E-state index contributed by atoms with van der Waals surface area (Å²) < 4.78 is 21.9. The number of anilines is 1. The number of aliphatic hydroxyl groups excluding tert-OH is 4. The SMILES string of the molecule is CCn1cc(C(=O)O)c(=O)c2cc(F)c(N3CCN(C(=O)N[C@@H]4O[C@H](CO)[C@H](O)[C@H](O)[C@H]4O)CC3)cc21. The van der Waals surface area contributed by atoms with Gasteiger partial charge in [-0.25, -0.2) is 14.0 Å². The molecule has 2 aromatic rings. The van der Waals surface area contributed by atoms with Crippen molar-refractivity contribution in [2.75, 3.05) is 37.7 Å². The third-order valence-corrected chi connectivity index (χ3v) is 6.79. The van der Waals surface area contributed by atoms with Crippen LogP contribution in [0, 0.1) is 5.82 Å². The Kier molecular flexibility index (Phi) is 7.66. The van der Waals surface area contributed by atoms with Gasteiger partial charge in [-0.05, 0) is 19.1 Å². The first-order valence-electron chi connectivity index (χ1n) is 11.8. The number of hydrogen-bond donors (Lipinski definition) is 6. The molecule has 202 valence electrons. The number of carbonyl (C=O) groups excluding carboxylic acids is 1. The van der Waals surface area contributed by atoms with E-state index in [1.807, 2.05) is 0 Å². The molecule has 2 saturated heterocycles. The number of nitrogens with zero attached hydrogens (tertiary/aromatic N) is 3. The van der Waals surface area contributed by atoms with Crippen LogP contribution in [-0.4, -0.2) is 110 Å². The van der Waals surface area contributed by atoms with Crippen LogP contribution in [0.15, 0.2) is 23.1 Å². The van der Waals surface area contributed by atoms with Gasteiger partial charge in [-0.15, -0.1) is 0 Å². The number of aryl methyl sites for hydroxylation is 1. The second kappa shape index (κ2) is 10.6. The minimum Gasteiger partial charge on any atom is -0.477 e. The van der Waals surface area contributed by atoms with Crippen LogP contribution in [0.5, 0.6) is 0 Å². The normalized spacial score (nSPS) is 26.4. The molecule has 13 nitrogen and oxygen atoms in total. The van der Waals surface area contributed by atoms with Crippen LogP contribution < -0.4 is 15.6 Å². The Hall–Kier alpha value is -3.30. The number of aliphatic hydroxyl groups is 4. The van der Waals surface area contributed by atoms with Gasteiger partial charge in [0.2, 0.25) is 5.43 Å². The molecule has 2 aliphatic rings. The molecule has 37 heavy (non-hydrogen) atoms. The van der Waals surface area contributed by atoms with Gasteiger partial charge in [0, 0.05) is 44.3 Å². The van der Waals surface area contributed by atoms with Crippen molar-refractivity contribution in [3.8, 4) is 0 Å². The standard InChI is InChI=1S/C23H29FN4O9/c1-2-26-9-12(22(34)35)17(30)11-7-13(24)15(8-14(11)26)27-3-5-28(6-4-27)23(36)25-21-20(33)19(32)18(31)16(10-29)37-21/h7-9,16,18-21,29,31-33H,2-6,10H2,1H3,(H,25,36)(H,34,35)/t16-,18+,19+,20-,21-/m1/s1. The average molecular weight is 525 g/mol. The number of hydrogen-bond acceptors (Lipinski definition) is 9. The number of ether oxygens (including phenoxy) is 1. The van der Waals surface area contributed by atoms with Gasteiger partial charge in [0.15, 0.2) is 6.23 Å². The monoisotopic (exact) mass is 524 g/mol. The molecule has 3 heterocycles. The Morgan fingerprint density at radius 3 is 2.38 bits per heavy atom. The number of pyridine rings is 1. The second-order valence-electron chi connectivity index (χ2n) is 8.96. The lowest BCUT2D eigenvalue weighted by atomic mass is 9.98. The highest BCUT2D eigenvalue weighted by Crippen LogP contribution is 2.27. The molecule has 0 saturated carbocycles. The summed E-state index contributed by atoms with van der Waals surface area (Å²) in [6.07, 6.45) is -6.09. The molecule has 4 rings (SSSR count). The van der Waals surface area contributed by atoms with Gasteiger partial charge in [0.25, 0.3) is 0 Å². The van der Waals surface area contributed by atoms with Crippen molar-refractivity contribution in [1.82, 2.24) is 14.8 Å². The van der Waals surface area contributed by atoms with Crippen LogP contribution in [0.25, 0.3) is 10.9 Å². The Labute approximate surface area is 209 Å². The number of carbonyl (C=O) groups is 2. The van der Waals surface area contributed by atoms with Crippen LogP contribution in [0.4, 0.5) is 14.9 Å². The number of nitrogens with one attached hydrogen (secondary N) is 1. The number of amides is 2. The summed E-state index contributed by atoms with van der Waals surface area (Å²) in [4.78, 5) is 39.8. The van der Waals surface area contributed by atoms with E-state index in [-0.39, 0.29) is 37.3 Å². The summed E-state index contributed by atoms with van der Waals surface area (Å²) in [6, 6.07) is 1.90. The molecule has 0 aliphatic carbocycles. The molecule has 6 N–H and O–H groups in total. The lowest BCUT2D eigenvalue weighted by Crippen LogP contribution is -2.65. The molecular formula is C23H29FN4O9. The summed E-state index contributed by atoms with van der Waals surface area (Å²) >= 11 is 0. The number of aromatic nitrogens is 1. The number of carboxylic acid groups (broad SMARTS) is 1. The van der Waals surface area contributed by atoms with Crippen LogP contribution in [0.3, 0.4) is 0 Å². The third kappa shape index (κ3) is 4.98. The molecule has 0 spiro atoms. The fraction of sp³-hybridized carbons (Fsp3) is 0.522. The Bertz CT molecular complexity index is 1240. The molecule has 0 radical (unpaired) electrons. The first-order valence-corrected chi connectivity index (χ1v) is 11.8. The van der Waals surface area contributed by atoms with Crippen molar-refractivity contribution in [2.45, 2.75) is 44.1 Å². The van der Waals surface area contributed by atoms with E-state index in [2.05, 4.69) is 5.32 Å². The van der Waals surface area contributed by atoms with Gasteiger partial charge < -0.3 is 50.0 Å². The predicted molar refractivity (Wildman–Crippen MR) is 127 cm³/mol. The Balaban J connectivity index is 1.48. The molecule has 0 bridgehead atoms. The van der Waals surface area contributed by atoms with Gasteiger partial charge >= 0.3 is 12.0 Å². The van der Waals surface area contributed by atoms with Gasteiger partial charge in [0.05, 0.1) is 17.8 Å². The molecule has 2 fully saturated rings. The molecule has 14 heteroatoms. The molecule has 0 unspecified atom stereocenters. The predicted octanol–water partition coefficient (Wildman–Crippen LogP) is -1.51. The van der Waals surface area contributed by atoms with Crippen molar-refractivity contribution in [3.05, 3.63) is 39.9 Å². The highest BCUT2D eigenvalue weighted by Gasteiger charge is 2.44. The first kappa shape index (κ1) is 26.8. The zero-order chi connectivity index (χ0) is 27.0. The van der Waals surface area contributed by atoms with Crippen molar-refractivity contribution < 1.29 is 44.2 Å². The summed E-state index contributed by atoms with van der Waals surface area (Å²) in [5.41, 5.74) is -0.629. The summed E-state index contributed by atoms with van der Waals surface area (Å²) in [6.45, 7) is 2.29. The highest BCUT2D eigenvalue weighted by molar-refractivity contribution is 5.93. The van der Waals surface area contributed by atoms with Gasteiger partial charge in [-0.3, -0.25) is 4.79 Å². The number of rotatable bonds is 5. The van der Waals surface area contributed by atoms with E-state index in [9.17, 15) is 39.9 Å². The van der Waals surface area contributed by atoms with Crippen LogP contribution >= 0.6 is 0 Å².